The highest BCUT2D eigenvalue weighted by Gasteiger charge is 2.25. The van der Waals surface area contributed by atoms with Gasteiger partial charge in [0.1, 0.15) is 17.6 Å². The van der Waals surface area contributed by atoms with Crippen LogP contribution in [0.25, 0.3) is 11.4 Å². The SMILES string of the molecule is COc1ccc2cc1OCCCN(C(=O)c1ccccn1)CC(=O)N[C@@H](Cc1ccccc1)C(=O)NCCn1ccnc1-2. The lowest BCUT2D eigenvalue weighted by atomic mass is 10.1. The van der Waals surface area contributed by atoms with Gasteiger partial charge in [-0.3, -0.25) is 19.4 Å². The van der Waals surface area contributed by atoms with Crippen molar-refractivity contribution in [2.75, 3.05) is 33.4 Å². The summed E-state index contributed by atoms with van der Waals surface area (Å²) in [5.74, 6) is 0.656. The molecule has 3 amide bonds. The molecule has 2 aromatic heterocycles. The van der Waals surface area contributed by atoms with Crippen molar-refractivity contribution in [1.82, 2.24) is 30.1 Å². The van der Waals surface area contributed by atoms with E-state index in [0.29, 0.717) is 43.3 Å². The molecule has 2 N–H and O–H groups in total. The van der Waals surface area contributed by atoms with Gasteiger partial charge in [-0.1, -0.05) is 36.4 Å². The highest BCUT2D eigenvalue weighted by atomic mass is 16.5. The minimum Gasteiger partial charge on any atom is -0.493 e. The number of carbonyl (C=O) groups excluding carboxylic acids is 3. The summed E-state index contributed by atoms with van der Waals surface area (Å²) in [6.45, 7) is 1.02. The van der Waals surface area contributed by atoms with E-state index in [-0.39, 0.29) is 37.2 Å². The van der Waals surface area contributed by atoms with Gasteiger partial charge < -0.3 is 29.6 Å². The van der Waals surface area contributed by atoms with E-state index in [4.69, 9.17) is 9.47 Å². The molecule has 222 valence electrons. The molecule has 1 aliphatic heterocycles. The molecule has 1 atom stereocenters. The van der Waals surface area contributed by atoms with Gasteiger partial charge in [-0.25, -0.2) is 4.98 Å². The highest BCUT2D eigenvalue weighted by Crippen LogP contribution is 2.32. The second kappa shape index (κ2) is 14.1. The molecular weight excluding hydrogens is 548 g/mol. The minimum absolute atomic E-state index is 0.224. The molecule has 5 rings (SSSR count). The number of aromatic nitrogens is 3. The number of pyridine rings is 1. The van der Waals surface area contributed by atoms with Crippen molar-refractivity contribution in [3.8, 4) is 22.9 Å². The first-order chi connectivity index (χ1) is 21.0. The van der Waals surface area contributed by atoms with Crippen LogP contribution in [0.4, 0.5) is 0 Å². The number of hydrogen-bond donors (Lipinski definition) is 2. The number of nitrogens with one attached hydrogen (secondary N) is 2. The fourth-order valence-corrected chi connectivity index (χ4v) is 4.91. The number of nitrogens with zero attached hydrogens (tertiary/aromatic N) is 4. The Labute approximate surface area is 249 Å². The van der Waals surface area contributed by atoms with Gasteiger partial charge in [-0.2, -0.15) is 0 Å². The van der Waals surface area contributed by atoms with Crippen LogP contribution in [0.2, 0.25) is 0 Å². The molecule has 2 aromatic carbocycles. The Balaban J connectivity index is 1.43. The van der Waals surface area contributed by atoms with E-state index in [1.54, 1.807) is 31.5 Å². The maximum Gasteiger partial charge on any atom is 0.272 e. The Kier molecular flexibility index (Phi) is 9.63. The largest absolute Gasteiger partial charge is 0.493 e. The van der Waals surface area contributed by atoms with Crippen molar-refractivity contribution in [2.45, 2.75) is 25.4 Å². The lowest BCUT2D eigenvalue weighted by Gasteiger charge is -2.24. The van der Waals surface area contributed by atoms with Crippen LogP contribution < -0.4 is 20.1 Å². The molecule has 0 fully saturated rings. The number of benzene rings is 2. The summed E-state index contributed by atoms with van der Waals surface area (Å²) in [5, 5.41) is 5.81. The summed E-state index contributed by atoms with van der Waals surface area (Å²) in [4.78, 5) is 50.2. The van der Waals surface area contributed by atoms with E-state index < -0.39 is 11.9 Å². The molecule has 0 saturated heterocycles. The van der Waals surface area contributed by atoms with Crippen molar-refractivity contribution in [3.05, 3.63) is 96.6 Å². The standard InChI is InChI=1S/C32H34N6O5/c1-42-27-12-11-24-21-28(27)43-19-7-16-38(32(41)25-10-5-6-13-33-25)22-29(39)36-26(20-23-8-3-2-4-9-23)31(40)35-15-18-37-17-14-34-30(24)37/h2-6,8-14,17,21,26H,7,15-16,18-20,22H2,1H3,(H,35,40)(H,36,39)/t26-/m0/s1. The van der Waals surface area contributed by atoms with Crippen LogP contribution in [0.15, 0.2) is 85.3 Å². The number of methoxy groups -OCH3 is 1. The molecule has 1 aliphatic rings. The smallest absolute Gasteiger partial charge is 0.272 e. The third-order valence-corrected chi connectivity index (χ3v) is 7.06. The Hall–Kier alpha value is -5.19. The molecule has 0 aliphatic carbocycles. The van der Waals surface area contributed by atoms with Crippen molar-refractivity contribution < 1.29 is 23.9 Å². The van der Waals surface area contributed by atoms with Crippen molar-refractivity contribution in [1.29, 1.82) is 0 Å². The molecular formula is C32H34N6O5. The molecule has 0 unspecified atom stereocenters. The van der Waals surface area contributed by atoms with E-state index in [1.807, 2.05) is 59.3 Å². The zero-order valence-corrected chi connectivity index (χ0v) is 23.9. The van der Waals surface area contributed by atoms with Crippen LogP contribution in [0.1, 0.15) is 22.5 Å². The second-order valence-corrected chi connectivity index (χ2v) is 10.1. The van der Waals surface area contributed by atoms with Crippen molar-refractivity contribution in [2.24, 2.45) is 0 Å². The van der Waals surface area contributed by atoms with Gasteiger partial charge in [0.2, 0.25) is 11.8 Å². The summed E-state index contributed by atoms with van der Waals surface area (Å²) in [7, 11) is 1.57. The Bertz CT molecular complexity index is 1540. The molecule has 4 aromatic rings. The number of hydrogen-bond acceptors (Lipinski definition) is 7. The number of amides is 3. The molecule has 11 heteroatoms. The monoisotopic (exact) mass is 582 g/mol. The highest BCUT2D eigenvalue weighted by molar-refractivity contribution is 5.95. The zero-order chi connectivity index (χ0) is 30.0. The van der Waals surface area contributed by atoms with Crippen molar-refractivity contribution >= 4 is 17.7 Å². The second-order valence-electron chi connectivity index (χ2n) is 10.1. The average Bonchev–Trinajstić information content (AvgIpc) is 3.50. The van der Waals surface area contributed by atoms with Crippen LogP contribution in [0.5, 0.6) is 11.5 Å². The molecule has 0 radical (unpaired) electrons. The molecule has 2 bridgehead atoms. The summed E-state index contributed by atoms with van der Waals surface area (Å²) in [6, 6.07) is 19.3. The number of imidazole rings is 1. The van der Waals surface area contributed by atoms with Crippen LogP contribution in [-0.4, -0.2) is 76.5 Å². The fraction of sp³-hybridized carbons (Fsp3) is 0.281. The van der Waals surface area contributed by atoms with E-state index >= 15 is 0 Å². The van der Waals surface area contributed by atoms with E-state index in [1.165, 1.54) is 11.1 Å². The molecule has 43 heavy (non-hydrogen) atoms. The molecule has 0 spiro atoms. The minimum atomic E-state index is -0.838. The van der Waals surface area contributed by atoms with E-state index in [0.717, 1.165) is 11.1 Å². The van der Waals surface area contributed by atoms with E-state index in [9.17, 15) is 14.4 Å². The summed E-state index contributed by atoms with van der Waals surface area (Å²) in [6.07, 6.45) is 5.81. The predicted octanol–water partition coefficient (Wildman–Crippen LogP) is 2.72. The third kappa shape index (κ3) is 7.56. The first-order valence-corrected chi connectivity index (χ1v) is 14.2. The van der Waals surface area contributed by atoms with Crippen LogP contribution in [0, 0.1) is 0 Å². The maximum atomic E-state index is 13.4. The van der Waals surface area contributed by atoms with E-state index in [2.05, 4.69) is 20.6 Å². The lowest BCUT2D eigenvalue weighted by molar-refractivity contribution is -0.129. The first kappa shape index (κ1) is 29.3. The predicted molar refractivity (Wildman–Crippen MR) is 160 cm³/mol. The van der Waals surface area contributed by atoms with Gasteiger partial charge in [-0.05, 0) is 42.3 Å². The molecule has 0 saturated carbocycles. The van der Waals surface area contributed by atoms with Gasteiger partial charge in [-0.15, -0.1) is 0 Å². The fourth-order valence-electron chi connectivity index (χ4n) is 4.91. The number of rotatable bonds is 4. The zero-order valence-electron chi connectivity index (χ0n) is 23.9. The van der Waals surface area contributed by atoms with Crippen LogP contribution in [-0.2, 0) is 22.6 Å². The topological polar surface area (TPSA) is 128 Å². The van der Waals surface area contributed by atoms with Gasteiger partial charge in [0.05, 0.1) is 20.3 Å². The Morgan fingerprint density at radius 2 is 1.86 bits per heavy atom. The van der Waals surface area contributed by atoms with Crippen LogP contribution in [0.3, 0.4) is 0 Å². The van der Waals surface area contributed by atoms with Gasteiger partial charge in [0, 0.05) is 50.2 Å². The van der Waals surface area contributed by atoms with Gasteiger partial charge in [0.15, 0.2) is 11.5 Å². The number of carbonyl (C=O) groups is 3. The van der Waals surface area contributed by atoms with Crippen LogP contribution >= 0.6 is 0 Å². The first-order valence-electron chi connectivity index (χ1n) is 14.2. The third-order valence-electron chi connectivity index (χ3n) is 7.06. The van der Waals surface area contributed by atoms with Gasteiger partial charge in [0.25, 0.3) is 5.91 Å². The normalized spacial score (nSPS) is 16.5. The lowest BCUT2D eigenvalue weighted by Crippen LogP contribution is -2.51. The quantitative estimate of drug-likeness (QED) is 0.379. The summed E-state index contributed by atoms with van der Waals surface area (Å²) < 4.78 is 13.5. The number of fused-ring (bicyclic) bond motifs is 4. The summed E-state index contributed by atoms with van der Waals surface area (Å²) in [5.41, 5.74) is 1.95. The number of ether oxygens (including phenoxy) is 2. The Morgan fingerprint density at radius 3 is 2.65 bits per heavy atom. The summed E-state index contributed by atoms with van der Waals surface area (Å²) >= 11 is 0. The molecule has 11 nitrogen and oxygen atoms in total. The average molecular weight is 583 g/mol. The van der Waals surface area contributed by atoms with Gasteiger partial charge >= 0.3 is 0 Å². The molecule has 3 heterocycles. The Morgan fingerprint density at radius 1 is 1.02 bits per heavy atom. The van der Waals surface area contributed by atoms with Crippen molar-refractivity contribution in [3.63, 3.8) is 0 Å². The maximum absolute atomic E-state index is 13.4.